The van der Waals surface area contributed by atoms with Gasteiger partial charge in [0.2, 0.25) is 17.7 Å². The molecule has 126 valence electrons. The van der Waals surface area contributed by atoms with Crippen LogP contribution in [0.25, 0.3) is 10.2 Å². The fourth-order valence-electron chi connectivity index (χ4n) is 2.42. The summed E-state index contributed by atoms with van der Waals surface area (Å²) < 4.78 is 7.60. The van der Waals surface area contributed by atoms with Gasteiger partial charge in [-0.3, -0.25) is 4.79 Å². The number of amides is 1. The molecule has 2 aromatic heterocycles. The zero-order chi connectivity index (χ0) is 17.4. The lowest BCUT2D eigenvalue weighted by Crippen LogP contribution is -2.36. The molecule has 0 aliphatic heterocycles. The fourth-order valence-corrected chi connectivity index (χ4v) is 3.71. The van der Waals surface area contributed by atoms with Crippen LogP contribution in [-0.4, -0.2) is 26.6 Å². The molecular formula is C16H12BrN5O2S. The van der Waals surface area contributed by atoms with Crippen LogP contribution in [0.4, 0.5) is 0 Å². The zero-order valence-corrected chi connectivity index (χ0v) is 15.4. The molecular weight excluding hydrogens is 406 g/mol. The van der Waals surface area contributed by atoms with E-state index in [-0.39, 0.29) is 18.2 Å². The van der Waals surface area contributed by atoms with Crippen LogP contribution >= 0.6 is 27.3 Å². The molecule has 9 heteroatoms. The Morgan fingerprint density at radius 3 is 2.96 bits per heavy atom. The minimum atomic E-state index is -0.685. The summed E-state index contributed by atoms with van der Waals surface area (Å²) in [7, 11) is 0. The van der Waals surface area contributed by atoms with E-state index in [1.165, 1.54) is 0 Å². The van der Waals surface area contributed by atoms with Gasteiger partial charge >= 0.3 is 0 Å². The van der Waals surface area contributed by atoms with Gasteiger partial charge in [0.1, 0.15) is 17.0 Å². The van der Waals surface area contributed by atoms with Gasteiger partial charge in [-0.1, -0.05) is 15.9 Å². The lowest BCUT2D eigenvalue weighted by atomic mass is 10.3. The predicted molar refractivity (Wildman–Crippen MR) is 93.8 cm³/mol. The average molecular weight is 418 g/mol. The minimum absolute atomic E-state index is 0.0246. The SMILES string of the molecule is N#CC1(NC(=O)Cc2nnc(Cc3nc4cc(Br)ccc4s3)o2)CC1. The monoisotopic (exact) mass is 417 g/mol. The van der Waals surface area contributed by atoms with E-state index in [0.717, 1.165) is 19.7 Å². The first-order chi connectivity index (χ1) is 12.0. The molecule has 0 atom stereocenters. The van der Waals surface area contributed by atoms with Gasteiger partial charge in [-0.05, 0) is 31.0 Å². The number of hydrogen-bond donors (Lipinski definition) is 1. The number of nitrogens with zero attached hydrogens (tertiary/aromatic N) is 4. The first-order valence-corrected chi connectivity index (χ1v) is 9.25. The summed E-state index contributed by atoms with van der Waals surface area (Å²) in [5.74, 6) is 0.381. The topological polar surface area (TPSA) is 105 Å². The van der Waals surface area contributed by atoms with E-state index in [9.17, 15) is 4.79 Å². The Bertz CT molecular complexity index is 1000. The van der Waals surface area contributed by atoms with Crippen molar-refractivity contribution in [1.82, 2.24) is 20.5 Å². The van der Waals surface area contributed by atoms with Crippen molar-refractivity contribution in [2.45, 2.75) is 31.2 Å². The van der Waals surface area contributed by atoms with Crippen molar-refractivity contribution >= 4 is 43.4 Å². The van der Waals surface area contributed by atoms with E-state index in [0.29, 0.717) is 25.2 Å². The molecule has 0 unspecified atom stereocenters. The molecule has 0 saturated heterocycles. The molecule has 3 aromatic rings. The Morgan fingerprint density at radius 1 is 1.40 bits per heavy atom. The van der Waals surface area contributed by atoms with Crippen LogP contribution in [0, 0.1) is 11.3 Å². The number of benzene rings is 1. The van der Waals surface area contributed by atoms with Crippen LogP contribution < -0.4 is 5.32 Å². The van der Waals surface area contributed by atoms with Crippen LogP contribution in [0.2, 0.25) is 0 Å². The summed E-state index contributed by atoms with van der Waals surface area (Å²) >= 11 is 5.00. The number of rotatable bonds is 5. The van der Waals surface area contributed by atoms with Gasteiger partial charge in [0, 0.05) is 4.47 Å². The summed E-state index contributed by atoms with van der Waals surface area (Å²) in [4.78, 5) is 16.5. The standard InChI is InChI=1S/C16H12BrN5O2S/c17-9-1-2-11-10(5-9)19-15(25-11)7-14-22-21-13(24-14)6-12(23)20-16(8-18)3-4-16/h1-2,5H,3-4,6-7H2,(H,20,23). The molecule has 1 saturated carbocycles. The van der Waals surface area contributed by atoms with Crippen molar-refractivity contribution < 1.29 is 9.21 Å². The molecule has 2 heterocycles. The highest BCUT2D eigenvalue weighted by Gasteiger charge is 2.44. The Labute approximate surface area is 155 Å². The smallest absolute Gasteiger partial charge is 0.230 e. The molecule has 0 bridgehead atoms. The Morgan fingerprint density at radius 2 is 2.20 bits per heavy atom. The molecule has 1 amide bonds. The van der Waals surface area contributed by atoms with Crippen LogP contribution in [-0.2, 0) is 17.6 Å². The summed E-state index contributed by atoms with van der Waals surface area (Å²) in [6.07, 6.45) is 1.78. The maximum absolute atomic E-state index is 11.9. The number of hydrogen-bond acceptors (Lipinski definition) is 7. The highest BCUT2D eigenvalue weighted by molar-refractivity contribution is 9.10. The first-order valence-electron chi connectivity index (χ1n) is 7.64. The number of aromatic nitrogens is 3. The van der Waals surface area contributed by atoms with Crippen molar-refractivity contribution in [3.05, 3.63) is 39.5 Å². The van der Waals surface area contributed by atoms with E-state index in [1.54, 1.807) is 11.3 Å². The van der Waals surface area contributed by atoms with Gasteiger partial charge in [0.15, 0.2) is 0 Å². The van der Waals surface area contributed by atoms with E-state index < -0.39 is 5.54 Å². The number of carbonyl (C=O) groups excluding carboxylic acids is 1. The maximum Gasteiger partial charge on any atom is 0.230 e. The quantitative estimate of drug-likeness (QED) is 0.683. The van der Waals surface area contributed by atoms with Crippen LogP contribution in [0.15, 0.2) is 27.1 Å². The van der Waals surface area contributed by atoms with Crippen molar-refractivity contribution in [3.8, 4) is 6.07 Å². The molecule has 0 spiro atoms. The van der Waals surface area contributed by atoms with Crippen LogP contribution in [0.3, 0.4) is 0 Å². The minimum Gasteiger partial charge on any atom is -0.424 e. The third-order valence-corrected chi connectivity index (χ3v) is 5.39. The molecule has 25 heavy (non-hydrogen) atoms. The number of nitrogens with one attached hydrogen (secondary N) is 1. The average Bonchev–Trinajstić information content (AvgIpc) is 3.02. The summed E-state index contributed by atoms with van der Waals surface area (Å²) in [5, 5.41) is 20.5. The molecule has 0 radical (unpaired) electrons. The summed E-state index contributed by atoms with van der Waals surface area (Å²) in [6.45, 7) is 0. The van der Waals surface area contributed by atoms with Crippen molar-refractivity contribution in [3.63, 3.8) is 0 Å². The number of carbonyl (C=O) groups is 1. The van der Waals surface area contributed by atoms with E-state index in [4.69, 9.17) is 9.68 Å². The van der Waals surface area contributed by atoms with Crippen LogP contribution in [0.1, 0.15) is 29.6 Å². The summed E-state index contributed by atoms with van der Waals surface area (Å²) in [6, 6.07) is 8.06. The Hall–Kier alpha value is -2.31. The largest absolute Gasteiger partial charge is 0.424 e. The van der Waals surface area contributed by atoms with E-state index >= 15 is 0 Å². The molecule has 1 aromatic carbocycles. The van der Waals surface area contributed by atoms with Gasteiger partial charge in [-0.25, -0.2) is 4.98 Å². The molecule has 7 nitrogen and oxygen atoms in total. The maximum atomic E-state index is 11.9. The molecule has 1 fully saturated rings. The van der Waals surface area contributed by atoms with Gasteiger partial charge in [0.05, 0.1) is 22.7 Å². The van der Waals surface area contributed by atoms with Crippen molar-refractivity contribution in [2.75, 3.05) is 0 Å². The molecule has 1 aliphatic rings. The van der Waals surface area contributed by atoms with Gasteiger partial charge in [-0.2, -0.15) is 5.26 Å². The lowest BCUT2D eigenvalue weighted by Gasteiger charge is -2.06. The molecule has 4 rings (SSSR count). The highest BCUT2D eigenvalue weighted by Crippen LogP contribution is 2.34. The van der Waals surface area contributed by atoms with Gasteiger partial charge in [0.25, 0.3) is 0 Å². The molecule has 1 aliphatic carbocycles. The highest BCUT2D eigenvalue weighted by atomic mass is 79.9. The Balaban J connectivity index is 1.42. The van der Waals surface area contributed by atoms with Crippen molar-refractivity contribution in [1.29, 1.82) is 5.26 Å². The zero-order valence-electron chi connectivity index (χ0n) is 13.0. The second kappa shape index (κ2) is 6.20. The van der Waals surface area contributed by atoms with E-state index in [1.807, 2.05) is 18.2 Å². The lowest BCUT2D eigenvalue weighted by molar-refractivity contribution is -0.121. The van der Waals surface area contributed by atoms with Crippen LogP contribution in [0.5, 0.6) is 0 Å². The number of halogens is 1. The number of fused-ring (bicyclic) bond motifs is 1. The van der Waals surface area contributed by atoms with E-state index in [2.05, 4.69) is 42.5 Å². The predicted octanol–water partition coefficient (Wildman–Crippen LogP) is 2.75. The van der Waals surface area contributed by atoms with Crippen molar-refractivity contribution in [2.24, 2.45) is 0 Å². The first kappa shape index (κ1) is 16.2. The second-order valence-corrected chi connectivity index (χ2v) is 7.94. The third kappa shape index (κ3) is 3.55. The Kier molecular flexibility index (Phi) is 4.01. The third-order valence-electron chi connectivity index (χ3n) is 3.86. The van der Waals surface area contributed by atoms with Gasteiger partial charge < -0.3 is 9.73 Å². The normalized spacial score (nSPS) is 15.0. The number of thiazole rings is 1. The molecule has 1 N–H and O–H groups in total. The van der Waals surface area contributed by atoms with Gasteiger partial charge in [-0.15, -0.1) is 21.5 Å². The fraction of sp³-hybridized carbons (Fsp3) is 0.312. The summed E-state index contributed by atoms with van der Waals surface area (Å²) in [5.41, 5.74) is 0.231. The number of nitriles is 1. The second-order valence-electron chi connectivity index (χ2n) is 5.90.